The van der Waals surface area contributed by atoms with E-state index < -0.39 is 10.8 Å². The van der Waals surface area contributed by atoms with Crippen LogP contribution >= 0.6 is 12.2 Å². The van der Waals surface area contributed by atoms with E-state index in [0.717, 1.165) is 16.3 Å². The quantitative estimate of drug-likeness (QED) is 0.165. The Balaban J connectivity index is 1.16. The summed E-state index contributed by atoms with van der Waals surface area (Å²) in [5, 5.41) is 19.5. The molecule has 0 radical (unpaired) electrons. The molecule has 1 amide bonds. The van der Waals surface area contributed by atoms with Crippen molar-refractivity contribution in [2.75, 3.05) is 36.5 Å². The second-order valence-corrected chi connectivity index (χ2v) is 9.64. The third-order valence-electron chi connectivity index (χ3n) is 6.65. The van der Waals surface area contributed by atoms with Gasteiger partial charge in [-0.15, -0.1) is 0 Å². The van der Waals surface area contributed by atoms with Gasteiger partial charge in [0.15, 0.2) is 10.7 Å². The molecule has 0 unspecified atom stereocenters. The number of oxazole rings is 1. The number of morpholine rings is 1. The van der Waals surface area contributed by atoms with Gasteiger partial charge in [0.25, 0.3) is 11.6 Å². The van der Waals surface area contributed by atoms with Crippen LogP contribution in [0.25, 0.3) is 33.3 Å². The van der Waals surface area contributed by atoms with Crippen molar-refractivity contribution in [3.05, 3.63) is 94.5 Å². The maximum Gasteiger partial charge on any atom is 0.293 e. The first-order valence-corrected chi connectivity index (χ1v) is 13.0. The average molecular weight is 554 g/mol. The zero-order chi connectivity index (χ0) is 27.6. The minimum Gasteiger partial charge on any atom is -0.436 e. The Hall–Kier alpha value is -4.87. The van der Waals surface area contributed by atoms with Crippen LogP contribution in [0.4, 0.5) is 17.1 Å². The Morgan fingerprint density at radius 2 is 1.77 bits per heavy atom. The van der Waals surface area contributed by atoms with Gasteiger partial charge in [-0.05, 0) is 65.5 Å². The zero-order valence-corrected chi connectivity index (χ0v) is 21.9. The van der Waals surface area contributed by atoms with Gasteiger partial charge in [0, 0.05) is 36.0 Å². The summed E-state index contributed by atoms with van der Waals surface area (Å²) >= 11 is 5.33. The van der Waals surface area contributed by atoms with E-state index in [-0.39, 0.29) is 16.4 Å². The van der Waals surface area contributed by atoms with E-state index in [1.54, 1.807) is 30.3 Å². The summed E-state index contributed by atoms with van der Waals surface area (Å²) in [6.07, 6.45) is 0. The standard InChI is InChI=1S/C29H23N5O5S/c35-27(20-7-9-24(25(16-20)34(36)37)33-11-13-38-14-12-33)32-29(40)30-22-8-10-26-23(17-22)31-28(39-26)21-6-5-18-3-1-2-4-19(18)15-21/h1-10,15-17H,11-14H2,(H2,30,32,35,40). The van der Waals surface area contributed by atoms with Crippen LogP contribution in [0.15, 0.2) is 83.3 Å². The van der Waals surface area contributed by atoms with Gasteiger partial charge in [-0.1, -0.05) is 30.3 Å². The van der Waals surface area contributed by atoms with E-state index >= 15 is 0 Å². The average Bonchev–Trinajstić information content (AvgIpc) is 3.40. The van der Waals surface area contributed by atoms with Crippen molar-refractivity contribution in [2.45, 2.75) is 0 Å². The Kier molecular flexibility index (Phi) is 6.81. The van der Waals surface area contributed by atoms with Crippen molar-refractivity contribution in [3.63, 3.8) is 0 Å². The van der Waals surface area contributed by atoms with E-state index in [2.05, 4.69) is 15.6 Å². The normalized spacial score (nSPS) is 13.3. The molecule has 1 aliphatic heterocycles. The first kappa shape index (κ1) is 25.4. The van der Waals surface area contributed by atoms with Crippen molar-refractivity contribution in [3.8, 4) is 11.5 Å². The summed E-state index contributed by atoms with van der Waals surface area (Å²) in [5.74, 6) is -0.0638. The lowest BCUT2D eigenvalue weighted by Crippen LogP contribution is -2.37. The molecule has 0 atom stereocenters. The number of hydrogen-bond donors (Lipinski definition) is 2. The number of nitrogens with one attached hydrogen (secondary N) is 2. The lowest BCUT2D eigenvalue weighted by molar-refractivity contribution is -0.384. The maximum absolute atomic E-state index is 12.9. The number of carbonyl (C=O) groups excluding carboxylic acids is 1. The number of carbonyl (C=O) groups is 1. The van der Waals surface area contributed by atoms with E-state index in [1.165, 1.54) is 6.07 Å². The van der Waals surface area contributed by atoms with Crippen LogP contribution in [0.1, 0.15) is 10.4 Å². The highest BCUT2D eigenvalue weighted by Gasteiger charge is 2.23. The van der Waals surface area contributed by atoms with Gasteiger partial charge >= 0.3 is 0 Å². The van der Waals surface area contributed by atoms with Crippen LogP contribution in [0.3, 0.4) is 0 Å². The predicted molar refractivity (Wildman–Crippen MR) is 157 cm³/mol. The highest BCUT2D eigenvalue weighted by molar-refractivity contribution is 7.80. The molecule has 6 rings (SSSR count). The van der Waals surface area contributed by atoms with Gasteiger partial charge in [-0.2, -0.15) is 0 Å². The minimum absolute atomic E-state index is 0.0440. The third-order valence-corrected chi connectivity index (χ3v) is 6.86. The monoisotopic (exact) mass is 553 g/mol. The summed E-state index contributed by atoms with van der Waals surface area (Å²) in [5.41, 5.74) is 3.13. The number of ether oxygens (including phenoxy) is 1. The maximum atomic E-state index is 12.9. The summed E-state index contributed by atoms with van der Waals surface area (Å²) < 4.78 is 11.3. The molecule has 4 aromatic carbocycles. The fourth-order valence-electron chi connectivity index (χ4n) is 4.67. The van der Waals surface area contributed by atoms with Gasteiger partial charge in [-0.25, -0.2) is 4.98 Å². The van der Waals surface area contributed by atoms with Gasteiger partial charge < -0.3 is 19.4 Å². The van der Waals surface area contributed by atoms with Crippen LogP contribution < -0.4 is 15.5 Å². The molecule has 11 heteroatoms. The van der Waals surface area contributed by atoms with Crippen LogP contribution in [-0.2, 0) is 4.74 Å². The molecule has 1 saturated heterocycles. The number of anilines is 2. The van der Waals surface area contributed by atoms with Crippen molar-refractivity contribution < 1.29 is 18.9 Å². The number of fused-ring (bicyclic) bond motifs is 2. The molecule has 5 aromatic rings. The summed E-state index contributed by atoms with van der Waals surface area (Å²) in [4.78, 5) is 30.6. The molecule has 0 saturated carbocycles. The summed E-state index contributed by atoms with van der Waals surface area (Å²) in [7, 11) is 0. The molecule has 1 aliphatic rings. The molecule has 0 spiro atoms. The first-order chi connectivity index (χ1) is 19.4. The Bertz CT molecular complexity index is 1780. The van der Waals surface area contributed by atoms with E-state index in [4.69, 9.17) is 21.4 Å². The number of amides is 1. The highest BCUT2D eigenvalue weighted by Crippen LogP contribution is 2.31. The second-order valence-electron chi connectivity index (χ2n) is 9.23. The lowest BCUT2D eigenvalue weighted by Gasteiger charge is -2.28. The number of aromatic nitrogens is 1. The molecule has 1 aromatic heterocycles. The third kappa shape index (κ3) is 5.20. The molecule has 200 valence electrons. The molecular weight excluding hydrogens is 530 g/mol. The highest BCUT2D eigenvalue weighted by atomic mass is 32.1. The van der Waals surface area contributed by atoms with Crippen LogP contribution in [0, 0.1) is 10.1 Å². The number of rotatable bonds is 5. The predicted octanol–water partition coefficient (Wildman–Crippen LogP) is 5.52. The Labute approximate surface area is 233 Å². The Morgan fingerprint density at radius 3 is 2.58 bits per heavy atom. The first-order valence-electron chi connectivity index (χ1n) is 12.6. The van der Waals surface area contributed by atoms with Gasteiger partial charge in [0.2, 0.25) is 5.89 Å². The minimum atomic E-state index is -0.560. The molecule has 10 nitrogen and oxygen atoms in total. The Morgan fingerprint density at radius 1 is 0.975 bits per heavy atom. The largest absolute Gasteiger partial charge is 0.436 e. The van der Waals surface area contributed by atoms with E-state index in [0.29, 0.717) is 54.7 Å². The van der Waals surface area contributed by atoms with Crippen LogP contribution in [0.2, 0.25) is 0 Å². The lowest BCUT2D eigenvalue weighted by atomic mass is 10.1. The van der Waals surface area contributed by atoms with Gasteiger partial charge in [-0.3, -0.25) is 20.2 Å². The van der Waals surface area contributed by atoms with E-state index in [9.17, 15) is 14.9 Å². The fraction of sp³-hybridized carbons (Fsp3) is 0.138. The van der Waals surface area contributed by atoms with Gasteiger partial charge in [0.05, 0.1) is 18.1 Å². The van der Waals surface area contributed by atoms with Crippen molar-refractivity contribution in [2.24, 2.45) is 0 Å². The molecule has 0 aliphatic carbocycles. The van der Waals surface area contributed by atoms with Gasteiger partial charge in [0.1, 0.15) is 11.2 Å². The molecule has 2 N–H and O–H groups in total. The molecule has 2 heterocycles. The number of thiocarbonyl (C=S) groups is 1. The SMILES string of the molecule is O=C(NC(=S)Nc1ccc2oc(-c3ccc4ccccc4c3)nc2c1)c1ccc(N2CCOCC2)c([N+](=O)[O-])c1. The summed E-state index contributed by atoms with van der Waals surface area (Å²) in [6.45, 7) is 2.06. The number of nitro benzene ring substituents is 1. The molecular formula is C29H23N5O5S. The van der Waals surface area contributed by atoms with Crippen LogP contribution in [-0.4, -0.2) is 47.2 Å². The molecule has 40 heavy (non-hydrogen) atoms. The number of nitro groups is 1. The fourth-order valence-corrected chi connectivity index (χ4v) is 4.88. The molecule has 1 fully saturated rings. The molecule has 0 bridgehead atoms. The zero-order valence-electron chi connectivity index (χ0n) is 21.1. The smallest absolute Gasteiger partial charge is 0.293 e. The number of benzene rings is 4. The van der Waals surface area contributed by atoms with Crippen molar-refractivity contribution in [1.29, 1.82) is 0 Å². The number of nitrogens with zero attached hydrogens (tertiary/aromatic N) is 3. The van der Waals surface area contributed by atoms with Crippen molar-refractivity contribution in [1.82, 2.24) is 10.3 Å². The van der Waals surface area contributed by atoms with Crippen molar-refractivity contribution >= 4 is 62.2 Å². The topological polar surface area (TPSA) is 123 Å². The summed E-state index contributed by atoms with van der Waals surface area (Å²) in [6, 6.07) is 23.8. The van der Waals surface area contributed by atoms with Crippen LogP contribution in [0.5, 0.6) is 0 Å². The second kappa shape index (κ2) is 10.7. The van der Waals surface area contributed by atoms with E-state index in [1.807, 2.05) is 47.4 Å². The number of hydrogen-bond acceptors (Lipinski definition) is 8.